The second kappa shape index (κ2) is 7.09. The first-order chi connectivity index (χ1) is 11.6. The predicted octanol–water partition coefficient (Wildman–Crippen LogP) is 5.31. The summed E-state index contributed by atoms with van der Waals surface area (Å²) >= 11 is 3.46. The quantitative estimate of drug-likeness (QED) is 0.555. The minimum Gasteiger partial charge on any atom is -0.497 e. The van der Waals surface area contributed by atoms with E-state index in [4.69, 9.17) is 13.9 Å². The highest BCUT2D eigenvalue weighted by Crippen LogP contribution is 2.34. The average Bonchev–Trinajstić information content (AvgIpc) is 2.59. The van der Waals surface area contributed by atoms with Gasteiger partial charge in [0.25, 0.3) is 0 Å². The summed E-state index contributed by atoms with van der Waals surface area (Å²) in [4.78, 5) is 12.3. The van der Waals surface area contributed by atoms with Gasteiger partial charge in [0.2, 0.25) is 0 Å². The van der Waals surface area contributed by atoms with Crippen molar-refractivity contribution >= 4 is 26.9 Å². The molecule has 124 valence electrons. The second-order valence-electron chi connectivity index (χ2n) is 5.37. The highest BCUT2D eigenvalue weighted by molar-refractivity contribution is 9.10. The van der Waals surface area contributed by atoms with E-state index in [2.05, 4.69) is 15.9 Å². The molecule has 5 heteroatoms. The number of benzene rings is 2. The van der Waals surface area contributed by atoms with Crippen LogP contribution < -0.4 is 15.1 Å². The van der Waals surface area contributed by atoms with Gasteiger partial charge in [-0.25, -0.2) is 4.79 Å². The molecule has 3 rings (SSSR count). The topological polar surface area (TPSA) is 48.7 Å². The number of halogens is 1. The Morgan fingerprint density at radius 2 is 1.79 bits per heavy atom. The summed E-state index contributed by atoms with van der Waals surface area (Å²) in [6.07, 6.45) is 1.42. The van der Waals surface area contributed by atoms with E-state index < -0.39 is 0 Å². The molecule has 0 aliphatic rings. The summed E-state index contributed by atoms with van der Waals surface area (Å²) in [5, 5.41) is 0.767. The maximum absolute atomic E-state index is 12.3. The van der Waals surface area contributed by atoms with E-state index in [1.165, 1.54) is 0 Å². The van der Waals surface area contributed by atoms with Crippen molar-refractivity contribution in [3.8, 4) is 17.2 Å². The van der Waals surface area contributed by atoms with Crippen LogP contribution in [0.15, 0.2) is 56.1 Å². The second-order valence-corrected chi connectivity index (χ2v) is 6.28. The van der Waals surface area contributed by atoms with Crippen LogP contribution in [-0.4, -0.2) is 7.11 Å². The lowest BCUT2D eigenvalue weighted by atomic mass is 10.1. The minimum absolute atomic E-state index is 0.352. The van der Waals surface area contributed by atoms with Crippen molar-refractivity contribution in [3.05, 3.63) is 62.9 Å². The van der Waals surface area contributed by atoms with Crippen LogP contribution in [0.1, 0.15) is 18.9 Å². The van der Waals surface area contributed by atoms with E-state index in [9.17, 15) is 4.79 Å². The molecule has 0 radical (unpaired) electrons. The van der Waals surface area contributed by atoms with Crippen molar-refractivity contribution in [1.82, 2.24) is 0 Å². The first kappa shape index (κ1) is 16.6. The van der Waals surface area contributed by atoms with E-state index in [-0.39, 0.29) is 5.63 Å². The fourth-order valence-electron chi connectivity index (χ4n) is 2.53. The maximum atomic E-state index is 12.3. The van der Waals surface area contributed by atoms with Crippen molar-refractivity contribution in [1.29, 1.82) is 0 Å². The molecule has 0 unspecified atom stereocenters. The standard InChI is InChI=1S/C19H17BrO4/c1-3-4-15-18(23-14-8-6-13(22-2)7-9-14)16-11-12(20)5-10-17(16)24-19(15)21/h5-11H,3-4H2,1-2H3. The molecule has 0 N–H and O–H groups in total. The van der Waals surface area contributed by atoms with Crippen LogP contribution in [0.5, 0.6) is 17.2 Å². The molecular formula is C19H17BrO4. The molecule has 0 fully saturated rings. The Bertz CT molecular complexity index is 913. The third-order valence-corrected chi connectivity index (χ3v) is 4.18. The number of fused-ring (bicyclic) bond motifs is 1. The Morgan fingerprint density at radius 1 is 1.08 bits per heavy atom. The van der Waals surface area contributed by atoms with Crippen LogP contribution in [0, 0.1) is 0 Å². The molecule has 2 aromatic carbocycles. The van der Waals surface area contributed by atoms with Gasteiger partial charge in [-0.05, 0) is 48.9 Å². The van der Waals surface area contributed by atoms with Gasteiger partial charge >= 0.3 is 5.63 Å². The lowest BCUT2D eigenvalue weighted by Gasteiger charge is -2.13. The molecule has 0 bridgehead atoms. The Balaban J connectivity index is 2.16. The molecule has 0 spiro atoms. The van der Waals surface area contributed by atoms with Gasteiger partial charge in [-0.1, -0.05) is 29.3 Å². The lowest BCUT2D eigenvalue weighted by molar-refractivity contribution is 0.412. The molecule has 3 aromatic rings. The van der Waals surface area contributed by atoms with Crippen molar-refractivity contribution in [2.45, 2.75) is 19.8 Å². The number of methoxy groups -OCH3 is 1. The molecular weight excluding hydrogens is 372 g/mol. The molecule has 0 aliphatic carbocycles. The van der Waals surface area contributed by atoms with E-state index >= 15 is 0 Å². The maximum Gasteiger partial charge on any atom is 0.343 e. The molecule has 4 nitrogen and oxygen atoms in total. The highest BCUT2D eigenvalue weighted by atomic mass is 79.9. The molecule has 1 aromatic heterocycles. The lowest BCUT2D eigenvalue weighted by Crippen LogP contribution is -2.09. The fraction of sp³-hybridized carbons (Fsp3) is 0.211. The van der Waals surface area contributed by atoms with Crippen LogP contribution in [0.2, 0.25) is 0 Å². The SMILES string of the molecule is CCCc1c(Oc2ccc(OC)cc2)c2cc(Br)ccc2oc1=O. The predicted molar refractivity (Wildman–Crippen MR) is 97.2 cm³/mol. The normalized spacial score (nSPS) is 10.8. The van der Waals surface area contributed by atoms with Crippen LogP contribution >= 0.6 is 15.9 Å². The number of ether oxygens (including phenoxy) is 2. The van der Waals surface area contributed by atoms with Gasteiger partial charge < -0.3 is 13.9 Å². The van der Waals surface area contributed by atoms with Crippen molar-refractivity contribution < 1.29 is 13.9 Å². The Morgan fingerprint density at radius 3 is 2.46 bits per heavy atom. The van der Waals surface area contributed by atoms with Gasteiger partial charge in [0.15, 0.2) is 0 Å². The van der Waals surface area contributed by atoms with Crippen LogP contribution in [-0.2, 0) is 6.42 Å². The summed E-state index contributed by atoms with van der Waals surface area (Å²) in [5.41, 5.74) is 0.709. The summed E-state index contributed by atoms with van der Waals surface area (Å²) in [7, 11) is 1.61. The van der Waals surface area contributed by atoms with Gasteiger partial charge in [-0.3, -0.25) is 0 Å². The van der Waals surface area contributed by atoms with Crippen LogP contribution in [0.4, 0.5) is 0 Å². The highest BCUT2D eigenvalue weighted by Gasteiger charge is 2.16. The third kappa shape index (κ3) is 3.31. The largest absolute Gasteiger partial charge is 0.497 e. The molecule has 0 atom stereocenters. The van der Waals surface area contributed by atoms with Crippen molar-refractivity contribution in [2.24, 2.45) is 0 Å². The van der Waals surface area contributed by atoms with Gasteiger partial charge in [0.1, 0.15) is 22.8 Å². The smallest absolute Gasteiger partial charge is 0.343 e. The van der Waals surface area contributed by atoms with Gasteiger partial charge in [0, 0.05) is 4.47 Å². The summed E-state index contributed by atoms with van der Waals surface area (Å²) in [5.74, 6) is 1.94. The molecule has 0 amide bonds. The monoisotopic (exact) mass is 388 g/mol. The Kier molecular flexibility index (Phi) is 4.90. The molecule has 24 heavy (non-hydrogen) atoms. The average molecular weight is 389 g/mol. The van der Waals surface area contributed by atoms with Crippen LogP contribution in [0.25, 0.3) is 11.0 Å². The molecule has 0 saturated carbocycles. The zero-order valence-electron chi connectivity index (χ0n) is 13.5. The van der Waals surface area contributed by atoms with E-state index in [0.29, 0.717) is 29.1 Å². The third-order valence-electron chi connectivity index (χ3n) is 3.69. The van der Waals surface area contributed by atoms with E-state index in [1.807, 2.05) is 43.3 Å². The number of hydrogen-bond acceptors (Lipinski definition) is 4. The molecule has 1 heterocycles. The summed E-state index contributed by atoms with van der Waals surface area (Å²) in [6.45, 7) is 2.02. The van der Waals surface area contributed by atoms with Crippen molar-refractivity contribution in [2.75, 3.05) is 7.11 Å². The summed E-state index contributed by atoms with van der Waals surface area (Å²) in [6, 6.07) is 12.8. The Hall–Kier alpha value is -2.27. The summed E-state index contributed by atoms with van der Waals surface area (Å²) < 4.78 is 17.6. The molecule has 0 saturated heterocycles. The van der Waals surface area contributed by atoms with Gasteiger partial charge in [-0.15, -0.1) is 0 Å². The number of rotatable bonds is 5. The van der Waals surface area contributed by atoms with E-state index in [1.54, 1.807) is 13.2 Å². The first-order valence-electron chi connectivity index (χ1n) is 7.69. The van der Waals surface area contributed by atoms with Gasteiger partial charge in [0.05, 0.1) is 18.1 Å². The molecule has 0 aliphatic heterocycles. The first-order valence-corrected chi connectivity index (χ1v) is 8.49. The van der Waals surface area contributed by atoms with Crippen LogP contribution in [0.3, 0.4) is 0 Å². The van der Waals surface area contributed by atoms with E-state index in [0.717, 1.165) is 22.0 Å². The number of hydrogen-bond donors (Lipinski definition) is 0. The zero-order chi connectivity index (χ0) is 17.1. The fourth-order valence-corrected chi connectivity index (χ4v) is 2.89. The Labute approximate surface area is 148 Å². The van der Waals surface area contributed by atoms with Gasteiger partial charge in [-0.2, -0.15) is 0 Å². The van der Waals surface area contributed by atoms with Crippen molar-refractivity contribution in [3.63, 3.8) is 0 Å². The minimum atomic E-state index is -0.352. The zero-order valence-corrected chi connectivity index (χ0v) is 15.1.